The Bertz CT molecular complexity index is 612. The predicted octanol–water partition coefficient (Wildman–Crippen LogP) is 0.302. The van der Waals surface area contributed by atoms with Crippen LogP contribution in [-0.4, -0.2) is 50.4 Å². The molecule has 8 nitrogen and oxygen atoms in total. The lowest BCUT2D eigenvalue weighted by Crippen LogP contribution is -2.48. The number of aromatic amines is 1. The largest absolute Gasteiger partial charge is 0.346 e. The molecule has 3 heterocycles. The number of H-pyrrole nitrogens is 1. The summed E-state index contributed by atoms with van der Waals surface area (Å²) in [5.41, 5.74) is 0.953. The van der Waals surface area contributed by atoms with Gasteiger partial charge in [0.1, 0.15) is 0 Å². The lowest BCUT2D eigenvalue weighted by atomic mass is 10.1. The van der Waals surface area contributed by atoms with E-state index < -0.39 is 0 Å². The van der Waals surface area contributed by atoms with Crippen molar-refractivity contribution in [2.45, 2.75) is 25.8 Å². The number of aromatic nitrogens is 5. The molecule has 2 aromatic rings. The van der Waals surface area contributed by atoms with Gasteiger partial charge >= 0.3 is 0 Å². The van der Waals surface area contributed by atoms with Crippen LogP contribution in [0.1, 0.15) is 29.0 Å². The van der Waals surface area contributed by atoms with Crippen LogP contribution in [-0.2, 0) is 0 Å². The number of piperidine rings is 1. The zero-order valence-electron chi connectivity index (χ0n) is 11.8. The number of anilines is 1. The van der Waals surface area contributed by atoms with Gasteiger partial charge in [-0.25, -0.2) is 9.97 Å². The molecule has 1 amide bonds. The molecule has 1 aliphatic rings. The molecule has 0 aliphatic carbocycles. The van der Waals surface area contributed by atoms with E-state index in [1.54, 1.807) is 25.4 Å². The Morgan fingerprint density at radius 1 is 1.38 bits per heavy atom. The van der Waals surface area contributed by atoms with Crippen molar-refractivity contribution in [3.63, 3.8) is 0 Å². The summed E-state index contributed by atoms with van der Waals surface area (Å²) in [5.74, 6) is 0.510. The molecule has 2 aromatic heterocycles. The first-order chi connectivity index (χ1) is 10.2. The van der Waals surface area contributed by atoms with Crippen molar-refractivity contribution >= 4 is 11.9 Å². The van der Waals surface area contributed by atoms with Gasteiger partial charge in [0.2, 0.25) is 5.95 Å². The van der Waals surface area contributed by atoms with Crippen LogP contribution in [0.3, 0.4) is 0 Å². The summed E-state index contributed by atoms with van der Waals surface area (Å²) in [7, 11) is 0. The van der Waals surface area contributed by atoms with Gasteiger partial charge in [-0.2, -0.15) is 15.4 Å². The Labute approximate surface area is 122 Å². The number of rotatable bonds is 3. The molecule has 0 bridgehead atoms. The van der Waals surface area contributed by atoms with Gasteiger partial charge in [0.25, 0.3) is 5.91 Å². The lowest BCUT2D eigenvalue weighted by Gasteiger charge is -2.32. The molecule has 110 valence electrons. The van der Waals surface area contributed by atoms with Crippen LogP contribution in [0.2, 0.25) is 0 Å². The van der Waals surface area contributed by atoms with Crippen molar-refractivity contribution in [3.05, 3.63) is 29.8 Å². The second-order valence-corrected chi connectivity index (χ2v) is 5.07. The van der Waals surface area contributed by atoms with Crippen molar-refractivity contribution in [3.8, 4) is 0 Å². The normalized spacial score (nSPS) is 18.5. The Morgan fingerprint density at radius 3 is 2.90 bits per heavy atom. The molecular weight excluding hydrogens is 270 g/mol. The molecule has 8 heteroatoms. The molecule has 1 aliphatic heterocycles. The minimum atomic E-state index is -0.193. The van der Waals surface area contributed by atoms with E-state index in [-0.39, 0.29) is 11.9 Å². The average Bonchev–Trinajstić information content (AvgIpc) is 2.95. The average molecular weight is 287 g/mol. The molecule has 21 heavy (non-hydrogen) atoms. The molecule has 1 unspecified atom stereocenters. The number of hydrogen-bond donors (Lipinski definition) is 2. The summed E-state index contributed by atoms with van der Waals surface area (Å²) >= 11 is 0. The Kier molecular flexibility index (Phi) is 3.76. The SMILES string of the molecule is Cc1n[nH]nc1C(=O)NC1CCCN(c2ncccn2)C1. The summed E-state index contributed by atoms with van der Waals surface area (Å²) in [6, 6.07) is 1.85. The molecule has 0 spiro atoms. The third-order valence-electron chi connectivity index (χ3n) is 3.53. The van der Waals surface area contributed by atoms with Crippen LogP contribution in [0.4, 0.5) is 5.95 Å². The first-order valence-corrected chi connectivity index (χ1v) is 6.94. The highest BCUT2D eigenvalue weighted by molar-refractivity contribution is 5.93. The second kappa shape index (κ2) is 5.86. The molecule has 1 saturated heterocycles. The number of carbonyl (C=O) groups is 1. The van der Waals surface area contributed by atoms with Crippen LogP contribution in [0.25, 0.3) is 0 Å². The second-order valence-electron chi connectivity index (χ2n) is 5.07. The van der Waals surface area contributed by atoms with Gasteiger partial charge in [0.05, 0.1) is 5.69 Å². The first-order valence-electron chi connectivity index (χ1n) is 6.94. The smallest absolute Gasteiger partial charge is 0.274 e. The van der Waals surface area contributed by atoms with Gasteiger partial charge in [-0.15, -0.1) is 0 Å². The van der Waals surface area contributed by atoms with Gasteiger partial charge in [0.15, 0.2) is 5.69 Å². The van der Waals surface area contributed by atoms with Crippen LogP contribution < -0.4 is 10.2 Å². The summed E-state index contributed by atoms with van der Waals surface area (Å²) in [4.78, 5) is 22.8. The Hall–Kier alpha value is -2.51. The number of aryl methyl sites for hydroxylation is 1. The third kappa shape index (κ3) is 2.99. The molecule has 1 fully saturated rings. The van der Waals surface area contributed by atoms with Crippen molar-refractivity contribution in [2.24, 2.45) is 0 Å². The molecule has 0 radical (unpaired) electrons. The summed E-state index contributed by atoms with van der Waals surface area (Å²) in [6.07, 6.45) is 5.37. The van der Waals surface area contributed by atoms with E-state index in [1.165, 1.54) is 0 Å². The quantitative estimate of drug-likeness (QED) is 0.842. The van der Waals surface area contributed by atoms with E-state index in [0.717, 1.165) is 19.4 Å². The van der Waals surface area contributed by atoms with Crippen molar-refractivity contribution in [1.82, 2.24) is 30.7 Å². The number of amides is 1. The molecule has 0 saturated carbocycles. The maximum absolute atomic E-state index is 12.2. The summed E-state index contributed by atoms with van der Waals surface area (Å²) < 4.78 is 0. The van der Waals surface area contributed by atoms with Crippen LogP contribution in [0.5, 0.6) is 0 Å². The molecule has 0 aromatic carbocycles. The highest BCUT2D eigenvalue weighted by Crippen LogP contribution is 2.15. The first kappa shape index (κ1) is 13.5. The van der Waals surface area contributed by atoms with E-state index >= 15 is 0 Å². The minimum Gasteiger partial charge on any atom is -0.346 e. The van der Waals surface area contributed by atoms with Gasteiger partial charge in [-0.3, -0.25) is 4.79 Å². The van der Waals surface area contributed by atoms with Gasteiger partial charge in [0, 0.05) is 31.5 Å². The van der Waals surface area contributed by atoms with Crippen molar-refractivity contribution in [1.29, 1.82) is 0 Å². The monoisotopic (exact) mass is 287 g/mol. The van der Waals surface area contributed by atoms with Gasteiger partial charge in [-0.05, 0) is 25.8 Å². The van der Waals surface area contributed by atoms with E-state index in [2.05, 4.69) is 35.6 Å². The topological polar surface area (TPSA) is 99.7 Å². The predicted molar refractivity (Wildman–Crippen MR) is 75.9 cm³/mol. The third-order valence-corrected chi connectivity index (χ3v) is 3.53. The fraction of sp³-hybridized carbons (Fsp3) is 0.462. The highest BCUT2D eigenvalue weighted by atomic mass is 16.2. The van der Waals surface area contributed by atoms with Crippen LogP contribution in [0, 0.1) is 6.92 Å². The van der Waals surface area contributed by atoms with Crippen LogP contribution >= 0.6 is 0 Å². The van der Waals surface area contributed by atoms with Crippen LogP contribution in [0.15, 0.2) is 18.5 Å². The fourth-order valence-corrected chi connectivity index (χ4v) is 2.48. The Balaban J connectivity index is 1.64. The van der Waals surface area contributed by atoms with Gasteiger partial charge < -0.3 is 10.2 Å². The van der Waals surface area contributed by atoms with E-state index in [0.29, 0.717) is 23.9 Å². The van der Waals surface area contributed by atoms with Crippen molar-refractivity contribution < 1.29 is 4.79 Å². The highest BCUT2D eigenvalue weighted by Gasteiger charge is 2.24. The minimum absolute atomic E-state index is 0.0613. The number of hydrogen-bond acceptors (Lipinski definition) is 6. The number of nitrogens with one attached hydrogen (secondary N) is 2. The summed E-state index contributed by atoms with van der Waals surface area (Å²) in [6.45, 7) is 3.36. The number of nitrogens with zero attached hydrogens (tertiary/aromatic N) is 5. The van der Waals surface area contributed by atoms with Gasteiger partial charge in [-0.1, -0.05) is 0 Å². The zero-order chi connectivity index (χ0) is 14.7. The van der Waals surface area contributed by atoms with E-state index in [1.807, 2.05) is 0 Å². The molecule has 2 N–H and O–H groups in total. The Morgan fingerprint density at radius 2 is 2.19 bits per heavy atom. The lowest BCUT2D eigenvalue weighted by molar-refractivity contribution is 0.0927. The maximum Gasteiger partial charge on any atom is 0.274 e. The molecule has 1 atom stereocenters. The van der Waals surface area contributed by atoms with E-state index in [9.17, 15) is 4.79 Å². The molecular formula is C13H17N7O. The van der Waals surface area contributed by atoms with Crippen molar-refractivity contribution in [2.75, 3.05) is 18.0 Å². The standard InChI is InChI=1S/C13H17N7O/c1-9-11(18-19-17-9)12(21)16-10-4-2-7-20(8-10)13-14-5-3-6-15-13/h3,5-6,10H,2,4,7-8H2,1H3,(H,16,21)(H,17,18,19). The summed E-state index contributed by atoms with van der Waals surface area (Å²) in [5, 5.41) is 13.2. The zero-order valence-corrected chi connectivity index (χ0v) is 11.8. The fourth-order valence-electron chi connectivity index (χ4n) is 2.48. The number of carbonyl (C=O) groups excluding carboxylic acids is 1. The molecule has 3 rings (SSSR count). The van der Waals surface area contributed by atoms with E-state index in [4.69, 9.17) is 0 Å². The maximum atomic E-state index is 12.2.